The molecule has 0 fully saturated rings. The van der Waals surface area contributed by atoms with Crippen LogP contribution in [-0.2, 0) is 16.0 Å². The maximum atomic E-state index is 11.5. The van der Waals surface area contributed by atoms with E-state index in [4.69, 9.17) is 4.74 Å². The number of amides is 1. The Kier molecular flexibility index (Phi) is 5.50. The van der Waals surface area contributed by atoms with E-state index in [1.54, 1.807) is 13.3 Å². The quantitative estimate of drug-likeness (QED) is 0.782. The molecule has 0 spiro atoms. The topological polar surface area (TPSA) is 51.2 Å². The molecule has 1 N–H and O–H groups in total. The summed E-state index contributed by atoms with van der Waals surface area (Å²) in [6.07, 6.45) is 2.51. The third kappa shape index (κ3) is 4.40. The first-order valence-electron chi connectivity index (χ1n) is 5.40. The predicted molar refractivity (Wildman–Crippen MR) is 62.0 cm³/mol. The maximum absolute atomic E-state index is 11.5. The lowest BCUT2D eigenvalue weighted by Gasteiger charge is -2.10. The lowest BCUT2D eigenvalue weighted by molar-refractivity contribution is -0.125. The van der Waals surface area contributed by atoms with Gasteiger partial charge in [-0.3, -0.25) is 9.78 Å². The molecule has 0 saturated carbocycles. The van der Waals surface area contributed by atoms with Gasteiger partial charge in [-0.2, -0.15) is 0 Å². The SMILES string of the molecule is COCC(C)C(=O)NCCc1ccccn1. The van der Waals surface area contributed by atoms with Crippen LogP contribution in [0.1, 0.15) is 12.6 Å². The number of hydrogen-bond donors (Lipinski definition) is 1. The standard InChI is InChI=1S/C12H18N2O2/c1-10(9-16-2)12(15)14-8-6-11-5-3-4-7-13-11/h3-5,7,10H,6,8-9H2,1-2H3,(H,14,15). The summed E-state index contributed by atoms with van der Waals surface area (Å²) in [4.78, 5) is 15.7. The lowest BCUT2D eigenvalue weighted by atomic mass is 10.2. The third-order valence-electron chi connectivity index (χ3n) is 2.27. The fraction of sp³-hybridized carbons (Fsp3) is 0.500. The van der Waals surface area contributed by atoms with Gasteiger partial charge < -0.3 is 10.1 Å². The minimum absolute atomic E-state index is 0.0257. The molecule has 0 aliphatic heterocycles. The first-order chi connectivity index (χ1) is 7.74. The molecule has 1 unspecified atom stereocenters. The van der Waals surface area contributed by atoms with Crippen molar-refractivity contribution in [2.24, 2.45) is 5.92 Å². The van der Waals surface area contributed by atoms with Crippen molar-refractivity contribution in [3.63, 3.8) is 0 Å². The van der Waals surface area contributed by atoms with Crippen molar-refractivity contribution in [2.75, 3.05) is 20.3 Å². The van der Waals surface area contributed by atoms with Gasteiger partial charge in [0.1, 0.15) is 0 Å². The molecule has 16 heavy (non-hydrogen) atoms. The van der Waals surface area contributed by atoms with Crippen LogP contribution in [0.4, 0.5) is 0 Å². The van der Waals surface area contributed by atoms with Crippen molar-refractivity contribution in [1.29, 1.82) is 0 Å². The second-order valence-corrected chi connectivity index (χ2v) is 3.72. The smallest absolute Gasteiger partial charge is 0.225 e. The molecule has 4 nitrogen and oxygen atoms in total. The van der Waals surface area contributed by atoms with Crippen LogP contribution in [0.25, 0.3) is 0 Å². The van der Waals surface area contributed by atoms with Crippen LogP contribution in [0.3, 0.4) is 0 Å². The summed E-state index contributed by atoms with van der Waals surface area (Å²) in [6.45, 7) is 2.92. The van der Waals surface area contributed by atoms with E-state index in [0.717, 1.165) is 12.1 Å². The van der Waals surface area contributed by atoms with Gasteiger partial charge in [-0.1, -0.05) is 13.0 Å². The van der Waals surface area contributed by atoms with Crippen LogP contribution in [0.2, 0.25) is 0 Å². The lowest BCUT2D eigenvalue weighted by Crippen LogP contribution is -2.32. The van der Waals surface area contributed by atoms with Gasteiger partial charge in [0.05, 0.1) is 12.5 Å². The Morgan fingerprint density at radius 2 is 2.38 bits per heavy atom. The van der Waals surface area contributed by atoms with Crippen LogP contribution >= 0.6 is 0 Å². The van der Waals surface area contributed by atoms with Gasteiger partial charge in [0.25, 0.3) is 0 Å². The zero-order valence-corrected chi connectivity index (χ0v) is 9.77. The largest absolute Gasteiger partial charge is 0.384 e. The maximum Gasteiger partial charge on any atom is 0.225 e. The van der Waals surface area contributed by atoms with Crippen molar-refractivity contribution in [1.82, 2.24) is 10.3 Å². The monoisotopic (exact) mass is 222 g/mol. The van der Waals surface area contributed by atoms with Crippen LogP contribution in [-0.4, -0.2) is 31.2 Å². The molecule has 1 atom stereocenters. The van der Waals surface area contributed by atoms with Gasteiger partial charge >= 0.3 is 0 Å². The number of nitrogens with one attached hydrogen (secondary N) is 1. The van der Waals surface area contributed by atoms with Crippen LogP contribution in [0, 0.1) is 5.92 Å². The fourth-order valence-corrected chi connectivity index (χ4v) is 1.36. The number of ether oxygens (including phenoxy) is 1. The van der Waals surface area contributed by atoms with Gasteiger partial charge in [-0.05, 0) is 12.1 Å². The summed E-state index contributed by atoms with van der Waals surface area (Å²) < 4.78 is 4.92. The third-order valence-corrected chi connectivity index (χ3v) is 2.27. The molecule has 1 amide bonds. The summed E-state index contributed by atoms with van der Waals surface area (Å²) in [5.74, 6) is -0.0773. The predicted octanol–water partition coefficient (Wildman–Crippen LogP) is 1.02. The first kappa shape index (κ1) is 12.6. The Morgan fingerprint density at radius 1 is 1.56 bits per heavy atom. The Labute approximate surface area is 96.0 Å². The van der Waals surface area contributed by atoms with Gasteiger partial charge in [0.15, 0.2) is 0 Å². The normalized spacial score (nSPS) is 12.1. The number of hydrogen-bond acceptors (Lipinski definition) is 3. The molecular formula is C12H18N2O2. The number of carbonyl (C=O) groups excluding carboxylic acids is 1. The second kappa shape index (κ2) is 6.95. The second-order valence-electron chi connectivity index (χ2n) is 3.72. The molecule has 0 radical (unpaired) electrons. The Balaban J connectivity index is 2.23. The van der Waals surface area contributed by atoms with E-state index >= 15 is 0 Å². The molecule has 0 aromatic carbocycles. The van der Waals surface area contributed by atoms with Gasteiger partial charge in [-0.15, -0.1) is 0 Å². The minimum atomic E-state index is -0.103. The van der Waals surface area contributed by atoms with E-state index in [1.165, 1.54) is 0 Å². The summed E-state index contributed by atoms with van der Waals surface area (Å²) in [7, 11) is 1.59. The van der Waals surface area contributed by atoms with Crippen LogP contribution in [0.15, 0.2) is 24.4 Å². The summed E-state index contributed by atoms with van der Waals surface area (Å²) in [6, 6.07) is 5.77. The first-order valence-corrected chi connectivity index (χ1v) is 5.40. The molecule has 1 aromatic heterocycles. The average molecular weight is 222 g/mol. The average Bonchev–Trinajstić information content (AvgIpc) is 2.30. The molecule has 0 aliphatic carbocycles. The van der Waals surface area contributed by atoms with E-state index in [-0.39, 0.29) is 11.8 Å². The van der Waals surface area contributed by atoms with Gasteiger partial charge in [-0.25, -0.2) is 0 Å². The summed E-state index contributed by atoms with van der Waals surface area (Å²) in [5, 5.41) is 2.86. The molecule has 1 aromatic rings. The Morgan fingerprint density at radius 3 is 3.00 bits per heavy atom. The van der Waals surface area contributed by atoms with Crippen molar-refractivity contribution < 1.29 is 9.53 Å². The number of nitrogens with zero attached hydrogens (tertiary/aromatic N) is 1. The van der Waals surface area contributed by atoms with Gasteiger partial charge in [0.2, 0.25) is 5.91 Å². The number of rotatable bonds is 6. The molecule has 1 heterocycles. The molecular weight excluding hydrogens is 204 g/mol. The highest BCUT2D eigenvalue weighted by Crippen LogP contribution is 1.96. The fourth-order valence-electron chi connectivity index (χ4n) is 1.36. The van der Waals surface area contributed by atoms with Crippen molar-refractivity contribution >= 4 is 5.91 Å². The molecule has 0 saturated heterocycles. The highest BCUT2D eigenvalue weighted by Gasteiger charge is 2.11. The molecule has 0 bridgehead atoms. The molecule has 0 aliphatic rings. The molecule has 88 valence electrons. The van der Waals surface area contributed by atoms with E-state index < -0.39 is 0 Å². The van der Waals surface area contributed by atoms with Crippen LogP contribution in [0.5, 0.6) is 0 Å². The highest BCUT2D eigenvalue weighted by molar-refractivity contribution is 5.78. The Bertz CT molecular complexity index is 314. The van der Waals surface area contributed by atoms with Gasteiger partial charge in [0, 0.05) is 32.0 Å². The zero-order valence-electron chi connectivity index (χ0n) is 9.77. The number of methoxy groups -OCH3 is 1. The zero-order chi connectivity index (χ0) is 11.8. The number of carbonyl (C=O) groups is 1. The van der Waals surface area contributed by atoms with Crippen molar-refractivity contribution in [2.45, 2.75) is 13.3 Å². The van der Waals surface area contributed by atoms with E-state index in [1.807, 2.05) is 25.1 Å². The summed E-state index contributed by atoms with van der Waals surface area (Å²) >= 11 is 0. The van der Waals surface area contributed by atoms with Crippen molar-refractivity contribution in [3.05, 3.63) is 30.1 Å². The Hall–Kier alpha value is -1.42. The van der Waals surface area contributed by atoms with Crippen LogP contribution < -0.4 is 5.32 Å². The minimum Gasteiger partial charge on any atom is -0.384 e. The molecule has 4 heteroatoms. The number of aromatic nitrogens is 1. The van der Waals surface area contributed by atoms with Crippen molar-refractivity contribution in [3.8, 4) is 0 Å². The van der Waals surface area contributed by atoms with E-state index in [2.05, 4.69) is 10.3 Å². The molecule has 1 rings (SSSR count). The van der Waals surface area contributed by atoms with E-state index in [0.29, 0.717) is 13.2 Å². The number of pyridine rings is 1. The highest BCUT2D eigenvalue weighted by atomic mass is 16.5. The summed E-state index contributed by atoms with van der Waals surface area (Å²) in [5.41, 5.74) is 0.988. The van der Waals surface area contributed by atoms with E-state index in [9.17, 15) is 4.79 Å².